The molecule has 2 aliphatic carbocycles. The first kappa shape index (κ1) is 32.5. The van der Waals surface area contributed by atoms with Crippen LogP contribution >= 0.6 is 0 Å². The van der Waals surface area contributed by atoms with Crippen LogP contribution < -0.4 is 10.6 Å². The van der Waals surface area contributed by atoms with Crippen molar-refractivity contribution in [2.75, 3.05) is 0 Å². The van der Waals surface area contributed by atoms with E-state index in [2.05, 4.69) is 25.7 Å². The summed E-state index contributed by atoms with van der Waals surface area (Å²) in [5.41, 5.74) is 0.645. The topological polar surface area (TPSA) is 101 Å². The van der Waals surface area contributed by atoms with Crippen LogP contribution in [0.5, 0.6) is 0 Å². The number of nitrogens with one attached hydrogen (secondary N) is 2. The average Bonchev–Trinajstić information content (AvgIpc) is 3.70. The molecule has 2 aliphatic rings. The SMILES string of the molecule is O=C(CCC(F)(F)F)N[C@@H](c1cnn2cc([C@@H](NC(=O)c3ccnc(CC(F)(F)F)c3)C3CCC(F)(F)CC3)nc2c1)C1CC1. The van der Waals surface area contributed by atoms with E-state index in [0.717, 1.165) is 25.1 Å². The Morgan fingerprint density at radius 1 is 0.956 bits per heavy atom. The lowest BCUT2D eigenvalue weighted by molar-refractivity contribution is -0.144. The maximum atomic E-state index is 14.0. The molecular weight excluding hydrogens is 616 g/mol. The Balaban J connectivity index is 1.39. The summed E-state index contributed by atoms with van der Waals surface area (Å²) in [6, 6.07) is 2.41. The van der Waals surface area contributed by atoms with Crippen LogP contribution in [-0.2, 0) is 11.2 Å². The van der Waals surface area contributed by atoms with Gasteiger partial charge in [0, 0.05) is 31.0 Å². The fourth-order valence-electron chi connectivity index (χ4n) is 5.61. The number of amides is 2. The molecule has 2 saturated carbocycles. The summed E-state index contributed by atoms with van der Waals surface area (Å²) in [7, 11) is 0. The van der Waals surface area contributed by atoms with Crippen molar-refractivity contribution in [1.82, 2.24) is 30.2 Å². The van der Waals surface area contributed by atoms with E-state index >= 15 is 0 Å². The molecular formula is C29H30F8N6O2. The highest BCUT2D eigenvalue weighted by Gasteiger charge is 2.40. The fourth-order valence-corrected chi connectivity index (χ4v) is 5.61. The van der Waals surface area contributed by atoms with Gasteiger partial charge < -0.3 is 10.6 Å². The Hall–Kier alpha value is -3.85. The van der Waals surface area contributed by atoms with E-state index in [9.17, 15) is 44.7 Å². The fraction of sp³-hybridized carbons (Fsp3) is 0.552. The van der Waals surface area contributed by atoms with Crippen LogP contribution in [-0.4, -0.2) is 49.7 Å². The number of aromatic nitrogens is 4. The number of pyridine rings is 1. The third-order valence-corrected chi connectivity index (χ3v) is 8.06. The van der Waals surface area contributed by atoms with Crippen molar-refractivity contribution in [3.8, 4) is 0 Å². The van der Waals surface area contributed by atoms with Gasteiger partial charge in [-0.2, -0.15) is 31.4 Å². The molecule has 2 atom stereocenters. The van der Waals surface area contributed by atoms with Crippen LogP contribution in [0.2, 0.25) is 0 Å². The Bertz CT molecular complexity index is 1520. The van der Waals surface area contributed by atoms with Gasteiger partial charge in [-0.1, -0.05) is 0 Å². The van der Waals surface area contributed by atoms with Gasteiger partial charge in [-0.15, -0.1) is 0 Å². The molecule has 2 N–H and O–H groups in total. The minimum atomic E-state index is -4.54. The highest BCUT2D eigenvalue weighted by atomic mass is 19.4. The number of hydrogen-bond acceptors (Lipinski definition) is 5. The Morgan fingerprint density at radius 3 is 2.29 bits per heavy atom. The van der Waals surface area contributed by atoms with Crippen molar-refractivity contribution in [3.63, 3.8) is 0 Å². The van der Waals surface area contributed by atoms with Gasteiger partial charge in [0.05, 0.1) is 48.7 Å². The molecule has 45 heavy (non-hydrogen) atoms. The zero-order valence-corrected chi connectivity index (χ0v) is 23.8. The second kappa shape index (κ2) is 12.5. The van der Waals surface area contributed by atoms with Crippen molar-refractivity contribution < 1.29 is 44.7 Å². The molecule has 0 spiro atoms. The monoisotopic (exact) mass is 646 g/mol. The molecule has 0 bridgehead atoms. The number of imidazole rings is 1. The van der Waals surface area contributed by atoms with Crippen molar-refractivity contribution >= 4 is 17.5 Å². The number of alkyl halides is 8. The molecule has 0 aromatic carbocycles. The van der Waals surface area contributed by atoms with Crippen molar-refractivity contribution in [2.45, 2.75) is 88.1 Å². The maximum absolute atomic E-state index is 14.0. The molecule has 3 heterocycles. The van der Waals surface area contributed by atoms with E-state index in [1.54, 1.807) is 6.07 Å². The summed E-state index contributed by atoms with van der Waals surface area (Å²) in [6.45, 7) is 0. The van der Waals surface area contributed by atoms with Crippen LogP contribution in [0.3, 0.4) is 0 Å². The highest BCUT2D eigenvalue weighted by molar-refractivity contribution is 5.94. The summed E-state index contributed by atoms with van der Waals surface area (Å²) in [4.78, 5) is 33.8. The number of fused-ring (bicyclic) bond motifs is 1. The molecule has 2 fully saturated rings. The summed E-state index contributed by atoms with van der Waals surface area (Å²) in [5.74, 6) is -4.80. The summed E-state index contributed by atoms with van der Waals surface area (Å²) < 4.78 is 106. The normalized spacial score (nSPS) is 18.8. The van der Waals surface area contributed by atoms with E-state index in [1.807, 2.05) is 0 Å². The van der Waals surface area contributed by atoms with E-state index < -0.39 is 80.2 Å². The Kier molecular flexibility index (Phi) is 9.04. The zero-order valence-electron chi connectivity index (χ0n) is 23.8. The predicted octanol–water partition coefficient (Wildman–Crippen LogP) is 6.44. The number of carbonyl (C=O) groups excluding carboxylic acids is 2. The van der Waals surface area contributed by atoms with Crippen LogP contribution in [0.1, 0.15) is 90.8 Å². The average molecular weight is 647 g/mol. The van der Waals surface area contributed by atoms with Crippen LogP contribution in [0.4, 0.5) is 35.1 Å². The van der Waals surface area contributed by atoms with E-state index in [1.165, 1.54) is 23.0 Å². The molecule has 2 amide bonds. The third kappa shape index (κ3) is 8.87. The van der Waals surface area contributed by atoms with E-state index in [4.69, 9.17) is 0 Å². The third-order valence-electron chi connectivity index (χ3n) is 8.06. The van der Waals surface area contributed by atoms with Crippen molar-refractivity contribution in [2.24, 2.45) is 11.8 Å². The quantitative estimate of drug-likeness (QED) is 0.247. The molecule has 8 nitrogen and oxygen atoms in total. The molecule has 0 saturated heterocycles. The predicted molar refractivity (Wildman–Crippen MR) is 143 cm³/mol. The summed E-state index contributed by atoms with van der Waals surface area (Å²) in [6.07, 6.45) is -7.47. The zero-order chi connectivity index (χ0) is 32.6. The van der Waals surface area contributed by atoms with E-state index in [-0.39, 0.29) is 41.4 Å². The highest BCUT2D eigenvalue weighted by Crippen LogP contribution is 2.43. The Labute approximate surface area is 252 Å². The lowest BCUT2D eigenvalue weighted by atomic mass is 9.81. The minimum absolute atomic E-state index is 0.0112. The van der Waals surface area contributed by atoms with Gasteiger partial charge in [0.1, 0.15) is 0 Å². The van der Waals surface area contributed by atoms with Gasteiger partial charge in [0.25, 0.3) is 5.91 Å². The maximum Gasteiger partial charge on any atom is 0.394 e. The number of nitrogens with zero attached hydrogens (tertiary/aromatic N) is 4. The summed E-state index contributed by atoms with van der Waals surface area (Å²) in [5, 5.41) is 9.77. The standard InChI is InChI=1S/C29H30F8N6O2/c30-27(31)7-3-17(4-8-27)25(42-26(45)18-6-10-38-20(11-18)13-29(35,36)37)21-15-43-22(40-21)12-19(14-39-43)24(16-1-2-16)41-23(44)5-9-28(32,33)34/h6,10-12,14-17,24-25H,1-5,7-9,13H2,(H,41,44)(H,42,45)/t24-,25+/m1/s1. The van der Waals surface area contributed by atoms with Crippen LogP contribution in [0, 0.1) is 11.8 Å². The van der Waals surface area contributed by atoms with E-state index in [0.29, 0.717) is 5.56 Å². The first-order chi connectivity index (χ1) is 21.1. The minimum Gasteiger partial charge on any atom is -0.349 e. The number of halogens is 8. The first-order valence-electron chi connectivity index (χ1n) is 14.5. The molecule has 3 aromatic rings. The van der Waals surface area contributed by atoms with Gasteiger partial charge in [-0.3, -0.25) is 14.6 Å². The summed E-state index contributed by atoms with van der Waals surface area (Å²) >= 11 is 0. The molecule has 244 valence electrons. The largest absolute Gasteiger partial charge is 0.394 e. The Morgan fingerprint density at radius 2 is 1.64 bits per heavy atom. The number of carbonyl (C=O) groups is 2. The molecule has 0 radical (unpaired) electrons. The van der Waals surface area contributed by atoms with Gasteiger partial charge in [0.15, 0.2) is 5.65 Å². The second-order valence-electron chi connectivity index (χ2n) is 11.7. The molecule has 16 heteroatoms. The van der Waals surface area contributed by atoms with Crippen LogP contribution in [0.25, 0.3) is 5.65 Å². The first-order valence-corrected chi connectivity index (χ1v) is 14.5. The number of rotatable bonds is 10. The van der Waals surface area contributed by atoms with Gasteiger partial charge in [-0.25, -0.2) is 18.3 Å². The van der Waals surface area contributed by atoms with Gasteiger partial charge in [0.2, 0.25) is 11.8 Å². The lowest BCUT2D eigenvalue weighted by Crippen LogP contribution is -2.37. The van der Waals surface area contributed by atoms with Crippen molar-refractivity contribution in [1.29, 1.82) is 0 Å². The lowest BCUT2D eigenvalue weighted by Gasteiger charge is -2.33. The smallest absolute Gasteiger partial charge is 0.349 e. The van der Waals surface area contributed by atoms with Crippen molar-refractivity contribution in [3.05, 3.63) is 59.3 Å². The van der Waals surface area contributed by atoms with Gasteiger partial charge in [-0.05, 0) is 61.3 Å². The molecule has 0 aliphatic heterocycles. The molecule has 3 aromatic heterocycles. The second-order valence-corrected chi connectivity index (χ2v) is 11.7. The van der Waals surface area contributed by atoms with Gasteiger partial charge >= 0.3 is 12.4 Å². The van der Waals surface area contributed by atoms with Crippen LogP contribution in [0.15, 0.2) is 36.8 Å². The molecule has 0 unspecified atom stereocenters. The number of hydrogen-bond donors (Lipinski definition) is 2. The molecule has 5 rings (SSSR count).